The van der Waals surface area contributed by atoms with Crippen LogP contribution in [0.4, 0.5) is 16.3 Å². The number of hydrogen-bond donors (Lipinski definition) is 1. The molecule has 106 valence electrons. The number of nitrogen functional groups attached to an aromatic ring is 1. The van der Waals surface area contributed by atoms with Crippen molar-refractivity contribution in [3.8, 4) is 5.69 Å². The molecule has 20 heavy (non-hydrogen) atoms. The highest BCUT2D eigenvalue weighted by Gasteiger charge is 2.18. The Morgan fingerprint density at radius 3 is 2.75 bits per heavy atom. The Hall–Kier alpha value is -2.15. The Morgan fingerprint density at radius 2 is 2.05 bits per heavy atom. The first-order valence-corrected chi connectivity index (χ1v) is 6.47. The summed E-state index contributed by atoms with van der Waals surface area (Å²) < 4.78 is 20.0. The summed E-state index contributed by atoms with van der Waals surface area (Å²) in [5, 5.41) is 4.42. The van der Waals surface area contributed by atoms with Gasteiger partial charge in [0.05, 0.1) is 18.9 Å². The summed E-state index contributed by atoms with van der Waals surface area (Å²) in [5.41, 5.74) is 7.42. The average Bonchev–Trinajstić information content (AvgIpc) is 2.82. The minimum absolute atomic E-state index is 0.279. The second-order valence-corrected chi connectivity index (χ2v) is 4.71. The average molecular weight is 277 g/mol. The lowest BCUT2D eigenvalue weighted by atomic mass is 10.2. The number of rotatable bonds is 2. The molecule has 0 saturated carbocycles. The molecule has 6 nitrogen and oxygen atoms in total. The minimum Gasteiger partial charge on any atom is -0.378 e. The van der Waals surface area contributed by atoms with Crippen molar-refractivity contribution in [2.24, 2.45) is 0 Å². The van der Waals surface area contributed by atoms with Crippen LogP contribution in [0.1, 0.15) is 5.56 Å². The zero-order chi connectivity index (χ0) is 14.1. The van der Waals surface area contributed by atoms with Gasteiger partial charge in [0, 0.05) is 13.1 Å². The fourth-order valence-electron chi connectivity index (χ4n) is 2.24. The third-order valence-electron chi connectivity index (χ3n) is 3.30. The standard InChI is InChI=1S/C13H16FN5O/c1-9-8-10(14)2-3-11(9)19-12(15)16-13(17-19)18-4-6-20-7-5-18/h2-3,8H,4-7H2,1H3,(H2,15,16,17). The van der Waals surface area contributed by atoms with E-state index in [0.29, 0.717) is 25.1 Å². The van der Waals surface area contributed by atoms with Crippen LogP contribution in [-0.4, -0.2) is 41.1 Å². The molecule has 0 bridgehead atoms. The first-order valence-electron chi connectivity index (χ1n) is 6.47. The fourth-order valence-corrected chi connectivity index (χ4v) is 2.24. The van der Waals surface area contributed by atoms with E-state index >= 15 is 0 Å². The number of nitrogens with zero attached hydrogens (tertiary/aromatic N) is 4. The van der Waals surface area contributed by atoms with Gasteiger partial charge in [-0.15, -0.1) is 5.10 Å². The molecule has 2 N–H and O–H groups in total. The van der Waals surface area contributed by atoms with Gasteiger partial charge in [-0.2, -0.15) is 9.67 Å². The summed E-state index contributed by atoms with van der Waals surface area (Å²) >= 11 is 0. The van der Waals surface area contributed by atoms with E-state index in [-0.39, 0.29) is 5.82 Å². The fraction of sp³-hybridized carbons (Fsp3) is 0.385. The quantitative estimate of drug-likeness (QED) is 0.891. The van der Waals surface area contributed by atoms with Gasteiger partial charge in [-0.25, -0.2) is 4.39 Å². The van der Waals surface area contributed by atoms with E-state index in [0.717, 1.165) is 24.3 Å². The van der Waals surface area contributed by atoms with Gasteiger partial charge in [0.15, 0.2) is 0 Å². The lowest BCUT2D eigenvalue weighted by Crippen LogP contribution is -2.37. The second-order valence-electron chi connectivity index (χ2n) is 4.71. The molecule has 0 amide bonds. The van der Waals surface area contributed by atoms with Crippen molar-refractivity contribution < 1.29 is 9.13 Å². The molecule has 2 aromatic rings. The molecule has 1 aromatic heterocycles. The normalized spacial score (nSPS) is 15.6. The van der Waals surface area contributed by atoms with Crippen LogP contribution in [0, 0.1) is 12.7 Å². The molecular formula is C13H16FN5O. The van der Waals surface area contributed by atoms with Crippen molar-refractivity contribution in [1.82, 2.24) is 14.8 Å². The van der Waals surface area contributed by atoms with Crippen molar-refractivity contribution in [2.45, 2.75) is 6.92 Å². The van der Waals surface area contributed by atoms with Crippen LogP contribution in [-0.2, 0) is 4.74 Å². The molecule has 0 spiro atoms. The summed E-state index contributed by atoms with van der Waals surface area (Å²) in [7, 11) is 0. The third-order valence-corrected chi connectivity index (χ3v) is 3.30. The summed E-state index contributed by atoms with van der Waals surface area (Å²) in [4.78, 5) is 6.30. The van der Waals surface area contributed by atoms with E-state index < -0.39 is 0 Å². The largest absolute Gasteiger partial charge is 0.378 e. The van der Waals surface area contributed by atoms with Crippen molar-refractivity contribution in [3.63, 3.8) is 0 Å². The van der Waals surface area contributed by atoms with E-state index in [1.54, 1.807) is 10.7 Å². The van der Waals surface area contributed by atoms with Crippen LogP contribution in [0.2, 0.25) is 0 Å². The predicted molar refractivity (Wildman–Crippen MR) is 73.5 cm³/mol. The molecule has 1 aromatic carbocycles. The number of halogens is 1. The second kappa shape index (κ2) is 5.09. The van der Waals surface area contributed by atoms with Gasteiger partial charge < -0.3 is 15.4 Å². The third kappa shape index (κ3) is 2.32. The van der Waals surface area contributed by atoms with E-state index in [1.807, 2.05) is 11.8 Å². The smallest absolute Gasteiger partial charge is 0.247 e. The molecule has 0 radical (unpaired) electrons. The maximum absolute atomic E-state index is 13.2. The molecule has 0 atom stereocenters. The molecule has 1 saturated heterocycles. The maximum Gasteiger partial charge on any atom is 0.247 e. The zero-order valence-electron chi connectivity index (χ0n) is 11.2. The number of ether oxygens (including phenoxy) is 1. The number of nitrogens with two attached hydrogens (primary N) is 1. The van der Waals surface area contributed by atoms with Gasteiger partial charge in [0.1, 0.15) is 5.82 Å². The molecule has 0 unspecified atom stereocenters. The number of anilines is 2. The number of benzene rings is 1. The zero-order valence-corrected chi connectivity index (χ0v) is 11.2. The lowest BCUT2D eigenvalue weighted by molar-refractivity contribution is 0.122. The highest BCUT2D eigenvalue weighted by atomic mass is 19.1. The lowest BCUT2D eigenvalue weighted by Gasteiger charge is -2.25. The van der Waals surface area contributed by atoms with Gasteiger partial charge >= 0.3 is 0 Å². The Kier molecular flexibility index (Phi) is 3.27. The summed E-state index contributed by atoms with van der Waals surface area (Å²) in [6.07, 6.45) is 0. The SMILES string of the molecule is Cc1cc(F)ccc1-n1nc(N2CCOCC2)nc1N. The predicted octanol–water partition coefficient (Wildman–Crippen LogP) is 1.13. The summed E-state index contributed by atoms with van der Waals surface area (Å²) in [6, 6.07) is 4.49. The topological polar surface area (TPSA) is 69.2 Å². The molecule has 1 aliphatic heterocycles. The van der Waals surface area contributed by atoms with Crippen LogP contribution < -0.4 is 10.6 Å². The monoisotopic (exact) mass is 277 g/mol. The van der Waals surface area contributed by atoms with Crippen LogP contribution >= 0.6 is 0 Å². The van der Waals surface area contributed by atoms with E-state index in [4.69, 9.17) is 10.5 Å². The first kappa shape index (κ1) is 12.9. The van der Waals surface area contributed by atoms with Gasteiger partial charge in [-0.3, -0.25) is 0 Å². The Labute approximate surface area is 116 Å². The van der Waals surface area contributed by atoms with Gasteiger partial charge in [0.25, 0.3) is 0 Å². The molecule has 0 aliphatic carbocycles. The number of aromatic nitrogens is 3. The molecule has 1 fully saturated rings. The maximum atomic E-state index is 13.2. The van der Waals surface area contributed by atoms with E-state index in [1.165, 1.54) is 12.1 Å². The van der Waals surface area contributed by atoms with Crippen LogP contribution in [0.15, 0.2) is 18.2 Å². The summed E-state index contributed by atoms with van der Waals surface area (Å²) in [6.45, 7) is 4.61. The number of hydrogen-bond acceptors (Lipinski definition) is 5. The van der Waals surface area contributed by atoms with E-state index in [9.17, 15) is 4.39 Å². The highest BCUT2D eigenvalue weighted by molar-refractivity contribution is 5.47. The van der Waals surface area contributed by atoms with Gasteiger partial charge in [-0.1, -0.05) is 0 Å². The Morgan fingerprint density at radius 1 is 1.30 bits per heavy atom. The van der Waals surface area contributed by atoms with E-state index in [2.05, 4.69) is 10.1 Å². The van der Waals surface area contributed by atoms with Crippen molar-refractivity contribution in [1.29, 1.82) is 0 Å². The van der Waals surface area contributed by atoms with Crippen molar-refractivity contribution in [3.05, 3.63) is 29.6 Å². The van der Waals surface area contributed by atoms with Crippen LogP contribution in [0.5, 0.6) is 0 Å². The summed E-state index contributed by atoms with van der Waals surface area (Å²) in [5.74, 6) is 0.592. The van der Waals surface area contributed by atoms with Crippen LogP contribution in [0.25, 0.3) is 5.69 Å². The van der Waals surface area contributed by atoms with Gasteiger partial charge in [0.2, 0.25) is 11.9 Å². The molecule has 3 rings (SSSR count). The van der Waals surface area contributed by atoms with Crippen molar-refractivity contribution in [2.75, 3.05) is 36.9 Å². The number of morpholine rings is 1. The van der Waals surface area contributed by atoms with Crippen molar-refractivity contribution >= 4 is 11.9 Å². The molecule has 2 heterocycles. The first-order chi connectivity index (χ1) is 9.65. The highest BCUT2D eigenvalue weighted by Crippen LogP contribution is 2.20. The molecular weight excluding hydrogens is 261 g/mol. The Balaban J connectivity index is 1.95. The molecule has 1 aliphatic rings. The Bertz CT molecular complexity index is 621. The minimum atomic E-state index is -0.279. The molecule has 7 heteroatoms. The van der Waals surface area contributed by atoms with Crippen LogP contribution in [0.3, 0.4) is 0 Å². The number of aryl methyl sites for hydroxylation is 1. The van der Waals surface area contributed by atoms with Gasteiger partial charge in [-0.05, 0) is 30.7 Å².